The van der Waals surface area contributed by atoms with Crippen molar-refractivity contribution in [2.24, 2.45) is 0 Å². The van der Waals surface area contributed by atoms with Crippen LogP contribution in [0.25, 0.3) is 21.7 Å². The van der Waals surface area contributed by atoms with Crippen molar-refractivity contribution in [2.75, 3.05) is 31.2 Å². The lowest BCUT2D eigenvalue weighted by molar-refractivity contribution is -0.169. The lowest BCUT2D eigenvalue weighted by Gasteiger charge is -2.38. The average Bonchev–Trinajstić information content (AvgIpc) is 3.30. The summed E-state index contributed by atoms with van der Waals surface area (Å²) in [5.74, 6) is 1.42. The molecule has 3 heterocycles. The maximum atomic E-state index is 6.31. The highest BCUT2D eigenvalue weighted by atomic mass is 16.7. The third-order valence-electron chi connectivity index (χ3n) is 6.59. The highest BCUT2D eigenvalue weighted by molar-refractivity contribution is 5.87. The number of aromatic nitrogens is 1. The molecule has 5 heteroatoms. The summed E-state index contributed by atoms with van der Waals surface area (Å²) in [7, 11) is 0. The van der Waals surface area contributed by atoms with Gasteiger partial charge in [-0.05, 0) is 34.5 Å². The summed E-state index contributed by atoms with van der Waals surface area (Å²) in [5, 5.41) is 3.53. The average molecular weight is 427 g/mol. The van der Waals surface area contributed by atoms with Crippen molar-refractivity contribution in [2.45, 2.75) is 25.2 Å². The van der Waals surface area contributed by atoms with E-state index in [1.165, 1.54) is 16.3 Å². The SMILES string of the molecule is c1ccc2c(COc3cccc4ccc(N5CCC6(CC5)OCCO6)nc34)cccc2c1. The third kappa shape index (κ3) is 3.57. The maximum absolute atomic E-state index is 6.31. The number of rotatable bonds is 4. The smallest absolute Gasteiger partial charge is 0.171 e. The second kappa shape index (κ2) is 8.08. The summed E-state index contributed by atoms with van der Waals surface area (Å²) >= 11 is 0. The van der Waals surface area contributed by atoms with Crippen molar-refractivity contribution in [3.8, 4) is 5.75 Å². The molecule has 0 atom stereocenters. The van der Waals surface area contributed by atoms with Crippen LogP contribution < -0.4 is 9.64 Å². The van der Waals surface area contributed by atoms with Crippen LogP contribution in [0.2, 0.25) is 0 Å². The Morgan fingerprint density at radius 3 is 2.44 bits per heavy atom. The van der Waals surface area contributed by atoms with E-state index in [1.807, 2.05) is 12.1 Å². The van der Waals surface area contributed by atoms with Gasteiger partial charge in [0.1, 0.15) is 23.7 Å². The first-order chi connectivity index (χ1) is 15.8. The minimum Gasteiger partial charge on any atom is -0.487 e. The summed E-state index contributed by atoms with van der Waals surface area (Å²) < 4.78 is 18.1. The van der Waals surface area contributed by atoms with Crippen molar-refractivity contribution in [1.82, 2.24) is 4.98 Å². The van der Waals surface area contributed by atoms with Gasteiger partial charge in [0, 0.05) is 31.3 Å². The van der Waals surface area contributed by atoms with Gasteiger partial charge in [-0.15, -0.1) is 0 Å². The molecule has 0 aliphatic carbocycles. The van der Waals surface area contributed by atoms with Gasteiger partial charge < -0.3 is 19.1 Å². The molecule has 0 N–H and O–H groups in total. The molecule has 162 valence electrons. The first-order valence-electron chi connectivity index (χ1n) is 11.3. The second-order valence-corrected chi connectivity index (χ2v) is 8.52. The summed E-state index contributed by atoms with van der Waals surface area (Å²) in [6, 6.07) is 25.1. The number of hydrogen-bond donors (Lipinski definition) is 0. The van der Waals surface area contributed by atoms with E-state index < -0.39 is 0 Å². The first-order valence-corrected chi connectivity index (χ1v) is 11.3. The van der Waals surface area contributed by atoms with Crippen molar-refractivity contribution < 1.29 is 14.2 Å². The fraction of sp³-hybridized carbons (Fsp3) is 0.296. The molecule has 2 saturated heterocycles. The maximum Gasteiger partial charge on any atom is 0.171 e. The molecule has 0 bridgehead atoms. The van der Waals surface area contributed by atoms with Crippen LogP contribution in [0.3, 0.4) is 0 Å². The normalized spacial score (nSPS) is 17.9. The summed E-state index contributed by atoms with van der Waals surface area (Å²) in [6.07, 6.45) is 1.73. The molecule has 0 unspecified atom stereocenters. The van der Waals surface area contributed by atoms with E-state index in [4.69, 9.17) is 19.2 Å². The third-order valence-corrected chi connectivity index (χ3v) is 6.59. The van der Waals surface area contributed by atoms with Crippen molar-refractivity contribution in [3.63, 3.8) is 0 Å². The van der Waals surface area contributed by atoms with Crippen LogP contribution in [-0.2, 0) is 16.1 Å². The fourth-order valence-electron chi connectivity index (χ4n) is 4.84. The zero-order valence-corrected chi connectivity index (χ0v) is 18.0. The number of para-hydroxylation sites is 1. The second-order valence-electron chi connectivity index (χ2n) is 8.52. The number of piperidine rings is 1. The minimum atomic E-state index is -0.375. The molecule has 3 aromatic carbocycles. The monoisotopic (exact) mass is 426 g/mol. The molecule has 1 aromatic heterocycles. The van der Waals surface area contributed by atoms with Crippen LogP contribution in [0.4, 0.5) is 5.82 Å². The van der Waals surface area contributed by atoms with Gasteiger partial charge in [-0.25, -0.2) is 4.98 Å². The van der Waals surface area contributed by atoms with Gasteiger partial charge in [0.25, 0.3) is 0 Å². The Morgan fingerprint density at radius 2 is 1.56 bits per heavy atom. The van der Waals surface area contributed by atoms with E-state index >= 15 is 0 Å². The van der Waals surface area contributed by atoms with Crippen LogP contribution in [0.5, 0.6) is 5.75 Å². The Bertz CT molecular complexity index is 1250. The van der Waals surface area contributed by atoms with Gasteiger partial charge >= 0.3 is 0 Å². The first kappa shape index (κ1) is 19.5. The molecular formula is C27H26N2O3. The molecule has 2 fully saturated rings. The van der Waals surface area contributed by atoms with Crippen LogP contribution in [-0.4, -0.2) is 37.1 Å². The molecule has 2 aliphatic rings. The van der Waals surface area contributed by atoms with Crippen LogP contribution >= 0.6 is 0 Å². The van der Waals surface area contributed by atoms with Gasteiger partial charge in [0.15, 0.2) is 5.79 Å². The van der Waals surface area contributed by atoms with Crippen LogP contribution in [0.1, 0.15) is 18.4 Å². The van der Waals surface area contributed by atoms with E-state index in [0.29, 0.717) is 19.8 Å². The quantitative estimate of drug-likeness (QED) is 0.442. The number of pyridine rings is 1. The van der Waals surface area contributed by atoms with E-state index in [1.54, 1.807) is 0 Å². The lowest BCUT2D eigenvalue weighted by atomic mass is 10.0. The van der Waals surface area contributed by atoms with Gasteiger partial charge in [-0.1, -0.05) is 54.6 Å². The fourth-order valence-corrected chi connectivity index (χ4v) is 4.84. The van der Waals surface area contributed by atoms with Gasteiger partial charge in [-0.3, -0.25) is 0 Å². The zero-order valence-electron chi connectivity index (χ0n) is 18.0. The molecule has 0 saturated carbocycles. The molecule has 5 nitrogen and oxygen atoms in total. The molecule has 0 amide bonds. The Labute approximate surface area is 187 Å². The molecule has 32 heavy (non-hydrogen) atoms. The number of benzene rings is 3. The van der Waals surface area contributed by atoms with Gasteiger partial charge in [0.2, 0.25) is 0 Å². The largest absolute Gasteiger partial charge is 0.487 e. The van der Waals surface area contributed by atoms with E-state index in [0.717, 1.165) is 48.4 Å². The number of hydrogen-bond acceptors (Lipinski definition) is 5. The number of nitrogens with zero attached hydrogens (tertiary/aromatic N) is 2. The summed E-state index contributed by atoms with van der Waals surface area (Å²) in [4.78, 5) is 7.32. The Hall–Kier alpha value is -3.15. The minimum absolute atomic E-state index is 0.375. The Morgan fingerprint density at radius 1 is 0.812 bits per heavy atom. The Kier molecular flexibility index (Phi) is 4.93. The molecular weight excluding hydrogens is 400 g/mol. The van der Waals surface area contributed by atoms with Crippen molar-refractivity contribution >= 4 is 27.5 Å². The molecule has 4 aromatic rings. The number of fused-ring (bicyclic) bond motifs is 2. The molecule has 6 rings (SSSR count). The lowest BCUT2D eigenvalue weighted by Crippen LogP contribution is -2.45. The number of anilines is 1. The zero-order chi connectivity index (χ0) is 21.4. The molecule has 2 aliphatic heterocycles. The van der Waals surface area contributed by atoms with Crippen molar-refractivity contribution in [1.29, 1.82) is 0 Å². The summed E-state index contributed by atoms with van der Waals surface area (Å²) in [5.41, 5.74) is 2.08. The van der Waals surface area contributed by atoms with E-state index in [2.05, 4.69) is 65.6 Å². The van der Waals surface area contributed by atoms with E-state index in [9.17, 15) is 0 Å². The van der Waals surface area contributed by atoms with Crippen LogP contribution in [0.15, 0.2) is 72.8 Å². The van der Waals surface area contributed by atoms with Gasteiger partial charge in [0.05, 0.1) is 13.2 Å². The van der Waals surface area contributed by atoms with E-state index in [-0.39, 0.29) is 5.79 Å². The molecule has 1 spiro atoms. The van der Waals surface area contributed by atoms with Gasteiger partial charge in [-0.2, -0.15) is 0 Å². The topological polar surface area (TPSA) is 43.8 Å². The Balaban J connectivity index is 1.25. The standard InChI is InChI=1S/C27H26N2O3/c1-2-9-23-20(5-1)6-3-8-22(23)19-30-24-10-4-7-21-11-12-25(28-26(21)24)29-15-13-27(14-16-29)31-17-18-32-27/h1-12H,13-19H2. The molecule has 0 radical (unpaired) electrons. The van der Waals surface area contributed by atoms with Crippen molar-refractivity contribution in [3.05, 3.63) is 78.4 Å². The predicted molar refractivity (Wildman–Crippen MR) is 126 cm³/mol. The predicted octanol–water partition coefficient (Wildman–Crippen LogP) is 5.31. The highest BCUT2D eigenvalue weighted by Gasteiger charge is 2.40. The van der Waals surface area contributed by atoms with Crippen LogP contribution in [0, 0.1) is 0 Å². The summed E-state index contributed by atoms with van der Waals surface area (Å²) in [6.45, 7) is 3.65. The number of ether oxygens (including phenoxy) is 3. The highest BCUT2D eigenvalue weighted by Crippen LogP contribution is 2.34.